The highest BCUT2D eigenvalue weighted by Gasteiger charge is 2.42. The Morgan fingerprint density at radius 1 is 1.05 bits per heavy atom. The van der Waals surface area contributed by atoms with Crippen molar-refractivity contribution in [1.29, 1.82) is 0 Å². The summed E-state index contributed by atoms with van der Waals surface area (Å²) in [5.74, 6) is -0.0982. The minimum atomic E-state index is -0.156. The molecule has 0 radical (unpaired) electrons. The summed E-state index contributed by atoms with van der Waals surface area (Å²) in [6.45, 7) is 5.77. The molecule has 8 heteroatoms. The van der Waals surface area contributed by atoms with E-state index in [0.29, 0.717) is 5.11 Å². The molecule has 2 atom stereocenters. The summed E-state index contributed by atoms with van der Waals surface area (Å²) in [4.78, 5) is 19.1. The van der Waals surface area contributed by atoms with E-state index in [0.717, 1.165) is 38.5 Å². The van der Waals surface area contributed by atoms with Gasteiger partial charge in [-0.15, -0.1) is 0 Å². The lowest BCUT2D eigenvalue weighted by molar-refractivity contribution is -0.118. The molecular weight excluding hydrogens is 546 g/mol. The molecule has 3 heterocycles. The van der Waals surface area contributed by atoms with Crippen LogP contribution in [0.2, 0.25) is 0 Å². The number of nitrogens with zero attached hydrogens (tertiary/aromatic N) is 3. The largest absolute Gasteiger partial charge is 0.351 e. The van der Waals surface area contributed by atoms with Crippen LogP contribution in [-0.2, 0) is 4.79 Å². The summed E-state index contributed by atoms with van der Waals surface area (Å²) in [5, 5.41) is 7.18. The van der Waals surface area contributed by atoms with Gasteiger partial charge in [0.1, 0.15) is 6.04 Å². The van der Waals surface area contributed by atoms with Gasteiger partial charge in [-0.2, -0.15) is 0 Å². The van der Waals surface area contributed by atoms with Crippen molar-refractivity contribution in [3.05, 3.63) is 107 Å². The fraction of sp³-hybridized carbons (Fsp3) is 0.207. The molecular formula is C29H28BrN5OS. The molecule has 0 saturated carbocycles. The molecule has 2 aromatic carbocycles. The maximum atomic E-state index is 12.3. The first kappa shape index (κ1) is 25.2. The topological polar surface area (TPSA) is 62.2 Å². The maximum Gasteiger partial charge on any atom is 0.226 e. The number of halogens is 1. The van der Waals surface area contributed by atoms with E-state index < -0.39 is 0 Å². The molecule has 1 fully saturated rings. The number of amides is 1. The molecule has 2 aromatic heterocycles. The van der Waals surface area contributed by atoms with Crippen molar-refractivity contribution in [2.75, 3.05) is 10.2 Å². The van der Waals surface area contributed by atoms with Crippen molar-refractivity contribution < 1.29 is 4.79 Å². The van der Waals surface area contributed by atoms with Crippen LogP contribution in [-0.4, -0.2) is 20.6 Å². The van der Waals surface area contributed by atoms with Crippen LogP contribution >= 0.6 is 28.1 Å². The molecule has 6 nitrogen and oxygen atoms in total. The summed E-state index contributed by atoms with van der Waals surface area (Å²) < 4.78 is 3.22. The third kappa shape index (κ3) is 5.04. The molecule has 188 valence electrons. The van der Waals surface area contributed by atoms with Gasteiger partial charge in [0, 0.05) is 45.5 Å². The molecule has 1 amide bonds. The van der Waals surface area contributed by atoms with Crippen molar-refractivity contribution in [2.45, 2.75) is 32.9 Å². The smallest absolute Gasteiger partial charge is 0.226 e. The van der Waals surface area contributed by atoms with Crippen molar-refractivity contribution >= 4 is 50.5 Å². The highest BCUT2D eigenvalue weighted by Crippen LogP contribution is 2.43. The van der Waals surface area contributed by atoms with Gasteiger partial charge in [-0.1, -0.05) is 35.8 Å². The summed E-state index contributed by atoms with van der Waals surface area (Å²) in [6, 6.07) is 24.1. The van der Waals surface area contributed by atoms with Crippen LogP contribution in [0.15, 0.2) is 89.7 Å². The zero-order chi connectivity index (χ0) is 26.1. The molecule has 0 spiro atoms. The van der Waals surface area contributed by atoms with Gasteiger partial charge in [-0.25, -0.2) is 0 Å². The van der Waals surface area contributed by atoms with Gasteiger partial charge in [0.25, 0.3) is 0 Å². The first-order valence-corrected chi connectivity index (χ1v) is 13.4. The monoisotopic (exact) mass is 573 g/mol. The number of pyridine rings is 1. The van der Waals surface area contributed by atoms with Crippen LogP contribution < -0.4 is 15.5 Å². The average molecular weight is 575 g/mol. The molecule has 4 aromatic rings. The van der Waals surface area contributed by atoms with E-state index in [9.17, 15) is 4.79 Å². The second kappa shape index (κ2) is 10.5. The highest BCUT2D eigenvalue weighted by atomic mass is 79.9. The zero-order valence-electron chi connectivity index (χ0n) is 20.9. The van der Waals surface area contributed by atoms with Crippen LogP contribution in [0.3, 0.4) is 0 Å². The standard InChI is InChI=1S/C29H28BrN5OS/c1-18(2)28(36)32-23-14-13-22(17-19(23)3)35-27(26(33-29(35)37)24-7-4-5-15-31-24)25-8-6-16-34(25)21-11-9-20(30)10-12-21/h4-18,26-27H,1-3H3,(H,32,36)(H,33,37)/t26-,27+/m0/s1. The van der Waals surface area contributed by atoms with Gasteiger partial charge in [-0.05, 0) is 91.4 Å². The number of aryl methyl sites for hydroxylation is 1. The predicted octanol–water partition coefficient (Wildman–Crippen LogP) is 6.71. The van der Waals surface area contributed by atoms with Crippen LogP contribution in [0.25, 0.3) is 5.69 Å². The predicted molar refractivity (Wildman–Crippen MR) is 156 cm³/mol. The Labute approximate surface area is 230 Å². The molecule has 1 saturated heterocycles. The first-order valence-electron chi connectivity index (χ1n) is 12.2. The summed E-state index contributed by atoms with van der Waals surface area (Å²) in [7, 11) is 0. The lowest BCUT2D eigenvalue weighted by Gasteiger charge is -2.29. The number of carbonyl (C=O) groups is 1. The van der Waals surface area contributed by atoms with E-state index >= 15 is 0 Å². The number of thiocarbonyl (C=S) groups is 1. The summed E-state index contributed by atoms with van der Waals surface area (Å²) in [6.07, 6.45) is 3.88. The van der Waals surface area contributed by atoms with Crippen LogP contribution in [0.1, 0.15) is 42.9 Å². The Morgan fingerprint density at radius 3 is 2.49 bits per heavy atom. The SMILES string of the molecule is Cc1cc(N2C(=S)N[C@@H](c3ccccn3)[C@H]2c2cccn2-c2ccc(Br)cc2)ccc1NC(=O)C(C)C. The van der Waals surface area contributed by atoms with E-state index in [1.165, 1.54) is 0 Å². The zero-order valence-corrected chi connectivity index (χ0v) is 23.3. The van der Waals surface area contributed by atoms with Crippen molar-refractivity contribution in [3.63, 3.8) is 0 Å². The molecule has 1 aliphatic rings. The maximum absolute atomic E-state index is 12.3. The number of rotatable bonds is 6. The number of hydrogen-bond donors (Lipinski definition) is 2. The first-order chi connectivity index (χ1) is 17.8. The van der Waals surface area contributed by atoms with E-state index in [1.807, 2.05) is 69.4 Å². The molecule has 5 rings (SSSR count). The lowest BCUT2D eigenvalue weighted by atomic mass is 10.00. The molecule has 1 aliphatic heterocycles. The van der Waals surface area contributed by atoms with Crippen LogP contribution in [0.4, 0.5) is 11.4 Å². The van der Waals surface area contributed by atoms with E-state index in [-0.39, 0.29) is 23.9 Å². The van der Waals surface area contributed by atoms with E-state index in [4.69, 9.17) is 12.2 Å². The molecule has 37 heavy (non-hydrogen) atoms. The Hall–Kier alpha value is -3.49. The Bertz CT molecular complexity index is 1430. The number of aromatic nitrogens is 2. The fourth-order valence-corrected chi connectivity index (χ4v) is 5.23. The van der Waals surface area contributed by atoms with E-state index in [2.05, 4.69) is 77.5 Å². The van der Waals surface area contributed by atoms with Gasteiger partial charge in [0.05, 0.1) is 11.7 Å². The van der Waals surface area contributed by atoms with Crippen LogP contribution in [0, 0.1) is 12.8 Å². The minimum absolute atomic E-state index is 0.00497. The number of anilines is 2. The third-order valence-electron chi connectivity index (χ3n) is 6.56. The Kier molecular flexibility index (Phi) is 7.13. The van der Waals surface area contributed by atoms with Gasteiger partial charge in [-0.3, -0.25) is 9.78 Å². The summed E-state index contributed by atoms with van der Waals surface area (Å²) >= 11 is 9.45. The molecule has 2 N–H and O–H groups in total. The van der Waals surface area contributed by atoms with Gasteiger partial charge < -0.3 is 20.1 Å². The number of hydrogen-bond acceptors (Lipinski definition) is 3. The number of benzene rings is 2. The van der Waals surface area contributed by atoms with Gasteiger partial charge in [0.15, 0.2) is 5.11 Å². The Morgan fingerprint density at radius 2 is 1.81 bits per heavy atom. The minimum Gasteiger partial charge on any atom is -0.351 e. The van der Waals surface area contributed by atoms with Gasteiger partial charge >= 0.3 is 0 Å². The summed E-state index contributed by atoms with van der Waals surface area (Å²) in [5.41, 5.74) is 5.78. The highest BCUT2D eigenvalue weighted by molar-refractivity contribution is 9.10. The normalized spacial score (nSPS) is 17.2. The van der Waals surface area contributed by atoms with Gasteiger partial charge in [0.2, 0.25) is 5.91 Å². The van der Waals surface area contributed by atoms with Crippen LogP contribution in [0.5, 0.6) is 0 Å². The quantitative estimate of drug-likeness (QED) is 0.251. The van der Waals surface area contributed by atoms with Crippen molar-refractivity contribution in [3.8, 4) is 5.69 Å². The average Bonchev–Trinajstić information content (AvgIpc) is 3.50. The van der Waals surface area contributed by atoms with Crippen molar-refractivity contribution in [2.24, 2.45) is 5.92 Å². The van der Waals surface area contributed by atoms with E-state index in [1.54, 1.807) is 0 Å². The fourth-order valence-electron chi connectivity index (χ4n) is 4.62. The van der Waals surface area contributed by atoms with Crippen molar-refractivity contribution in [1.82, 2.24) is 14.9 Å². The molecule has 0 aliphatic carbocycles. The second-order valence-corrected chi connectivity index (χ2v) is 10.7. The number of nitrogens with one attached hydrogen (secondary N) is 2. The molecule has 0 bridgehead atoms. The number of carbonyl (C=O) groups excluding carboxylic acids is 1. The molecule has 0 unspecified atom stereocenters. The Balaban J connectivity index is 1.59. The third-order valence-corrected chi connectivity index (χ3v) is 7.40. The second-order valence-electron chi connectivity index (χ2n) is 9.42. The lowest BCUT2D eigenvalue weighted by Crippen LogP contribution is -2.30.